The van der Waals surface area contributed by atoms with Crippen molar-refractivity contribution in [3.05, 3.63) is 83.8 Å². The Balaban J connectivity index is 1.44. The first-order valence-corrected chi connectivity index (χ1v) is 12.2. The van der Waals surface area contributed by atoms with E-state index in [1.165, 1.54) is 18.3 Å². The van der Waals surface area contributed by atoms with Crippen LogP contribution in [0, 0.1) is 5.82 Å². The average Bonchev–Trinajstić information content (AvgIpc) is 3.34. The number of carbonyl (C=O) groups excluding carboxylic acids is 1. The number of aromatic nitrogens is 1. The Hall–Kier alpha value is -3.31. The summed E-state index contributed by atoms with van der Waals surface area (Å²) < 4.78 is 78.6. The number of hydrogen-bond acceptors (Lipinski definition) is 4. The number of nitrogens with one attached hydrogen (secondary N) is 1. The van der Waals surface area contributed by atoms with Crippen molar-refractivity contribution in [2.45, 2.75) is 36.5 Å². The first-order chi connectivity index (χ1) is 16.6. The Morgan fingerprint density at radius 3 is 2.40 bits per heavy atom. The molecule has 2 heterocycles. The van der Waals surface area contributed by atoms with Crippen molar-refractivity contribution in [3.63, 3.8) is 0 Å². The molecule has 0 unspecified atom stereocenters. The van der Waals surface area contributed by atoms with Crippen LogP contribution in [0.15, 0.2) is 71.8 Å². The van der Waals surface area contributed by atoms with E-state index < -0.39 is 39.5 Å². The number of sulfonamides is 1. The molecule has 11 heteroatoms. The number of halogens is 4. The molecule has 1 saturated heterocycles. The van der Waals surface area contributed by atoms with Gasteiger partial charge in [0.15, 0.2) is 0 Å². The van der Waals surface area contributed by atoms with Gasteiger partial charge in [-0.25, -0.2) is 12.8 Å². The smallest absolute Gasteiger partial charge is 0.351 e. The highest BCUT2D eigenvalue weighted by molar-refractivity contribution is 7.89. The van der Waals surface area contributed by atoms with Crippen molar-refractivity contribution in [2.24, 2.45) is 0 Å². The van der Waals surface area contributed by atoms with Gasteiger partial charge >= 0.3 is 6.18 Å². The molecular weight excluding hydrogens is 486 g/mol. The molecule has 0 bridgehead atoms. The average molecular weight is 508 g/mol. The van der Waals surface area contributed by atoms with Gasteiger partial charge in [0.05, 0.1) is 16.2 Å². The van der Waals surface area contributed by atoms with Crippen LogP contribution in [0.25, 0.3) is 11.3 Å². The first kappa shape index (κ1) is 24.8. The molecule has 1 fully saturated rings. The fourth-order valence-electron chi connectivity index (χ4n) is 3.91. The van der Waals surface area contributed by atoms with Gasteiger partial charge in [0, 0.05) is 24.8 Å². The van der Waals surface area contributed by atoms with Crippen LogP contribution >= 0.6 is 0 Å². The topological polar surface area (TPSA) is 79.4 Å². The molecule has 0 radical (unpaired) electrons. The molecule has 1 N–H and O–H groups in total. The molecule has 1 aliphatic heterocycles. The summed E-state index contributed by atoms with van der Waals surface area (Å²) in [5, 5.41) is 2.73. The predicted octanol–water partition coefficient (Wildman–Crippen LogP) is 4.38. The third-order valence-electron chi connectivity index (χ3n) is 5.73. The number of amides is 1. The van der Waals surface area contributed by atoms with E-state index in [0.29, 0.717) is 29.7 Å². The largest absolute Gasteiger partial charge is 0.416 e. The lowest BCUT2D eigenvalue weighted by Gasteiger charge is -2.23. The summed E-state index contributed by atoms with van der Waals surface area (Å²) >= 11 is 0. The van der Waals surface area contributed by atoms with E-state index in [0.717, 1.165) is 40.7 Å². The molecule has 1 aromatic heterocycles. The van der Waals surface area contributed by atoms with Gasteiger partial charge in [-0.15, -0.1) is 0 Å². The Kier molecular flexibility index (Phi) is 6.91. The molecule has 1 aliphatic rings. The van der Waals surface area contributed by atoms with Crippen LogP contribution in [0.1, 0.15) is 24.0 Å². The number of rotatable bonds is 6. The minimum Gasteiger partial charge on any atom is -0.351 e. The van der Waals surface area contributed by atoms with Crippen molar-refractivity contribution in [1.82, 2.24) is 14.6 Å². The van der Waals surface area contributed by atoms with Crippen molar-refractivity contribution >= 4 is 15.9 Å². The minimum absolute atomic E-state index is 0.0793. The Morgan fingerprint density at radius 1 is 1.06 bits per heavy atom. The van der Waals surface area contributed by atoms with E-state index in [9.17, 15) is 30.8 Å². The van der Waals surface area contributed by atoms with Crippen LogP contribution in [0.2, 0.25) is 0 Å². The summed E-state index contributed by atoms with van der Waals surface area (Å²) in [5.74, 6) is -1.03. The third kappa shape index (κ3) is 5.51. The molecule has 0 spiro atoms. The number of nitrogens with zero attached hydrogens (tertiary/aromatic N) is 2. The summed E-state index contributed by atoms with van der Waals surface area (Å²) in [5.41, 5.74) is 0.806. The van der Waals surface area contributed by atoms with Gasteiger partial charge in [0.25, 0.3) is 0 Å². The standard InChI is InChI=1S/C24H21F4N3O3S/c25-19-7-9-20(10-8-19)35(33,34)31-13-1-2-22(31)23(32)30-15-16-11-12-29-21(14-16)17-3-5-18(6-4-17)24(26,27)28/h3-12,14,22H,1-2,13,15H2,(H,30,32)/t22-/m0/s1. The number of pyridine rings is 1. The van der Waals surface area contributed by atoms with Gasteiger partial charge in [-0.2, -0.15) is 17.5 Å². The lowest BCUT2D eigenvalue weighted by Crippen LogP contribution is -2.45. The number of carbonyl (C=O) groups is 1. The van der Waals surface area contributed by atoms with Gasteiger partial charge in [0.2, 0.25) is 15.9 Å². The SMILES string of the molecule is O=C(NCc1ccnc(-c2ccc(C(F)(F)F)cc2)c1)[C@@H]1CCCN1S(=O)(=O)c1ccc(F)cc1. The molecular formula is C24H21F4N3O3S. The second kappa shape index (κ2) is 9.74. The molecule has 2 aromatic carbocycles. The van der Waals surface area contributed by atoms with Gasteiger partial charge in [-0.1, -0.05) is 12.1 Å². The Morgan fingerprint density at radius 2 is 1.74 bits per heavy atom. The van der Waals surface area contributed by atoms with E-state index in [1.807, 2.05) is 0 Å². The maximum atomic E-state index is 13.2. The van der Waals surface area contributed by atoms with Crippen LogP contribution in [0.3, 0.4) is 0 Å². The zero-order valence-corrected chi connectivity index (χ0v) is 19.1. The fraction of sp³-hybridized carbons (Fsp3) is 0.250. The summed E-state index contributed by atoms with van der Waals surface area (Å²) in [4.78, 5) is 16.9. The minimum atomic E-state index is -4.43. The number of hydrogen-bond donors (Lipinski definition) is 1. The highest BCUT2D eigenvalue weighted by Gasteiger charge is 2.39. The second-order valence-electron chi connectivity index (χ2n) is 8.07. The number of alkyl halides is 3. The van der Waals surface area contributed by atoms with Crippen LogP contribution in [-0.2, 0) is 27.5 Å². The van der Waals surface area contributed by atoms with Crippen molar-refractivity contribution in [2.75, 3.05) is 6.54 Å². The van der Waals surface area contributed by atoms with Crippen LogP contribution in [0.5, 0.6) is 0 Å². The third-order valence-corrected chi connectivity index (χ3v) is 7.65. The van der Waals surface area contributed by atoms with Gasteiger partial charge in [-0.05, 0) is 66.9 Å². The monoisotopic (exact) mass is 507 g/mol. The Labute approximate surface area is 199 Å². The van der Waals surface area contributed by atoms with Crippen molar-refractivity contribution in [1.29, 1.82) is 0 Å². The van der Waals surface area contributed by atoms with Gasteiger partial charge < -0.3 is 5.32 Å². The quantitative estimate of drug-likeness (QED) is 0.503. The zero-order valence-electron chi connectivity index (χ0n) is 18.3. The summed E-state index contributed by atoms with van der Waals surface area (Å²) in [6.07, 6.45) is -2.10. The molecule has 1 atom stereocenters. The lowest BCUT2D eigenvalue weighted by molar-refractivity contribution is -0.137. The van der Waals surface area contributed by atoms with E-state index in [4.69, 9.17) is 0 Å². The van der Waals surface area contributed by atoms with Crippen molar-refractivity contribution in [3.8, 4) is 11.3 Å². The molecule has 184 valence electrons. The van der Waals surface area contributed by atoms with E-state index in [2.05, 4.69) is 10.3 Å². The fourth-order valence-corrected chi connectivity index (χ4v) is 5.57. The van der Waals surface area contributed by atoms with E-state index in [1.54, 1.807) is 12.1 Å². The second-order valence-corrected chi connectivity index (χ2v) is 9.96. The van der Waals surface area contributed by atoms with Crippen LogP contribution in [-0.4, -0.2) is 36.2 Å². The molecule has 35 heavy (non-hydrogen) atoms. The summed E-state index contributed by atoms with van der Waals surface area (Å²) in [6.45, 7) is 0.251. The maximum absolute atomic E-state index is 13.2. The normalized spacial score (nSPS) is 16.9. The van der Waals surface area contributed by atoms with E-state index in [-0.39, 0.29) is 18.0 Å². The molecule has 6 nitrogen and oxygen atoms in total. The molecule has 4 rings (SSSR count). The maximum Gasteiger partial charge on any atom is 0.416 e. The Bertz CT molecular complexity index is 1310. The molecule has 0 aliphatic carbocycles. The summed E-state index contributed by atoms with van der Waals surface area (Å²) in [6, 6.07) is 11.4. The zero-order chi connectivity index (χ0) is 25.2. The van der Waals surface area contributed by atoms with E-state index >= 15 is 0 Å². The highest BCUT2D eigenvalue weighted by atomic mass is 32.2. The van der Waals surface area contributed by atoms with Crippen molar-refractivity contribution < 1.29 is 30.8 Å². The van der Waals surface area contributed by atoms with Gasteiger partial charge in [0.1, 0.15) is 11.9 Å². The molecule has 1 amide bonds. The van der Waals surface area contributed by atoms with Gasteiger partial charge in [-0.3, -0.25) is 9.78 Å². The lowest BCUT2D eigenvalue weighted by atomic mass is 10.1. The number of benzene rings is 2. The first-order valence-electron chi connectivity index (χ1n) is 10.7. The predicted molar refractivity (Wildman–Crippen MR) is 120 cm³/mol. The molecule has 3 aromatic rings. The van der Waals surface area contributed by atoms with Crippen LogP contribution < -0.4 is 5.32 Å². The van der Waals surface area contributed by atoms with Crippen LogP contribution in [0.4, 0.5) is 17.6 Å². The molecule has 0 saturated carbocycles. The highest BCUT2D eigenvalue weighted by Crippen LogP contribution is 2.31. The summed E-state index contributed by atoms with van der Waals surface area (Å²) in [7, 11) is -3.97.